The van der Waals surface area contributed by atoms with E-state index in [1.54, 1.807) is 0 Å². The molecule has 2 aromatic heterocycles. The highest BCUT2D eigenvalue weighted by Crippen LogP contribution is 2.25. The summed E-state index contributed by atoms with van der Waals surface area (Å²) in [6.45, 7) is 4.22. The quantitative estimate of drug-likeness (QED) is 0.317. The zero-order chi connectivity index (χ0) is 20.8. The number of unbranched alkanes of at least 4 members (excludes halogenated alkanes) is 1. The number of hydrogen-bond donors (Lipinski definition) is 0. The third-order valence-electron chi connectivity index (χ3n) is 5.70. The zero-order valence-electron chi connectivity index (χ0n) is 17.8. The summed E-state index contributed by atoms with van der Waals surface area (Å²) < 4.78 is 0. The van der Waals surface area contributed by atoms with Gasteiger partial charge in [-0.15, -0.1) is 0 Å². The molecule has 0 fully saturated rings. The standard InChI is InChI=1S/C28H28N2/c1-21-18-27(30-20-22(21)2)26-16-17-29-28(19-26)25-14-12-24(13-15-25)11-7-6-10-23-8-4-3-5-9-23/h3-5,8-9,12-20H,6-7,10-11H2,1-2H3. The first-order valence-corrected chi connectivity index (χ1v) is 10.7. The van der Waals surface area contributed by atoms with Crippen molar-refractivity contribution >= 4 is 0 Å². The molecule has 2 aromatic carbocycles. The SMILES string of the molecule is Cc1cnc(-c2ccnc(-c3ccc(CCCCc4ccccc4)cc3)c2)cc1C. The highest BCUT2D eigenvalue weighted by Gasteiger charge is 2.06. The smallest absolute Gasteiger partial charge is 0.0708 e. The lowest BCUT2D eigenvalue weighted by Gasteiger charge is -2.08. The van der Waals surface area contributed by atoms with Gasteiger partial charge in [-0.2, -0.15) is 0 Å². The molecule has 0 amide bonds. The van der Waals surface area contributed by atoms with Crippen LogP contribution in [0.1, 0.15) is 35.1 Å². The lowest BCUT2D eigenvalue weighted by molar-refractivity contribution is 0.734. The largest absolute Gasteiger partial charge is 0.256 e. The van der Waals surface area contributed by atoms with E-state index in [2.05, 4.69) is 90.5 Å². The van der Waals surface area contributed by atoms with Crippen molar-refractivity contribution < 1.29 is 0 Å². The first-order valence-electron chi connectivity index (χ1n) is 10.7. The second kappa shape index (κ2) is 9.49. The molecule has 0 unspecified atom stereocenters. The van der Waals surface area contributed by atoms with Gasteiger partial charge in [-0.25, -0.2) is 0 Å². The summed E-state index contributed by atoms with van der Waals surface area (Å²) in [5.41, 5.74) is 9.53. The van der Waals surface area contributed by atoms with Crippen molar-refractivity contribution in [3.63, 3.8) is 0 Å². The van der Waals surface area contributed by atoms with Gasteiger partial charge >= 0.3 is 0 Å². The Morgan fingerprint density at radius 2 is 1.27 bits per heavy atom. The fourth-order valence-electron chi connectivity index (χ4n) is 3.68. The van der Waals surface area contributed by atoms with Gasteiger partial charge in [0.25, 0.3) is 0 Å². The Morgan fingerprint density at radius 1 is 0.600 bits per heavy atom. The van der Waals surface area contributed by atoms with Crippen molar-refractivity contribution in [3.8, 4) is 22.5 Å². The maximum absolute atomic E-state index is 4.59. The Hall–Kier alpha value is -3.26. The summed E-state index contributed by atoms with van der Waals surface area (Å²) in [5.74, 6) is 0. The van der Waals surface area contributed by atoms with Crippen molar-refractivity contribution in [1.82, 2.24) is 9.97 Å². The van der Waals surface area contributed by atoms with Gasteiger partial charge in [0.2, 0.25) is 0 Å². The summed E-state index contributed by atoms with van der Waals surface area (Å²) in [5, 5.41) is 0. The van der Waals surface area contributed by atoms with Crippen LogP contribution in [-0.2, 0) is 12.8 Å². The molecule has 0 bridgehead atoms. The molecule has 0 spiro atoms. The number of rotatable bonds is 7. The van der Waals surface area contributed by atoms with E-state index in [1.165, 1.54) is 35.1 Å². The highest BCUT2D eigenvalue weighted by molar-refractivity contribution is 5.68. The van der Waals surface area contributed by atoms with E-state index in [9.17, 15) is 0 Å². The number of aryl methyl sites for hydroxylation is 4. The third kappa shape index (κ3) is 5.01. The van der Waals surface area contributed by atoms with E-state index in [1.807, 2.05) is 18.5 Å². The van der Waals surface area contributed by atoms with Gasteiger partial charge in [-0.1, -0.05) is 54.6 Å². The van der Waals surface area contributed by atoms with Crippen molar-refractivity contribution in [1.29, 1.82) is 0 Å². The van der Waals surface area contributed by atoms with Gasteiger partial charge in [0.1, 0.15) is 0 Å². The maximum Gasteiger partial charge on any atom is 0.0708 e. The van der Waals surface area contributed by atoms with E-state index in [-0.39, 0.29) is 0 Å². The lowest BCUT2D eigenvalue weighted by atomic mass is 10.0. The molecular formula is C28H28N2. The summed E-state index contributed by atoms with van der Waals surface area (Å²) in [6.07, 6.45) is 8.52. The fraction of sp³-hybridized carbons (Fsp3) is 0.214. The molecule has 0 saturated heterocycles. The van der Waals surface area contributed by atoms with Crippen LogP contribution in [0.2, 0.25) is 0 Å². The minimum absolute atomic E-state index is 0.989. The first kappa shape index (κ1) is 20.0. The lowest BCUT2D eigenvalue weighted by Crippen LogP contribution is -1.91. The van der Waals surface area contributed by atoms with Crippen molar-refractivity contribution in [2.75, 3.05) is 0 Å². The number of benzene rings is 2. The molecular weight excluding hydrogens is 364 g/mol. The van der Waals surface area contributed by atoms with Crippen LogP contribution in [0.4, 0.5) is 0 Å². The van der Waals surface area contributed by atoms with E-state index in [4.69, 9.17) is 0 Å². The van der Waals surface area contributed by atoms with Crippen LogP contribution in [0.25, 0.3) is 22.5 Å². The fourth-order valence-corrected chi connectivity index (χ4v) is 3.68. The predicted molar refractivity (Wildman–Crippen MR) is 125 cm³/mol. The first-order chi connectivity index (χ1) is 14.7. The number of pyridine rings is 2. The van der Waals surface area contributed by atoms with E-state index in [0.29, 0.717) is 0 Å². The molecule has 150 valence electrons. The molecule has 0 aliphatic carbocycles. The number of nitrogens with zero attached hydrogens (tertiary/aromatic N) is 2. The van der Waals surface area contributed by atoms with Crippen LogP contribution in [0, 0.1) is 13.8 Å². The topological polar surface area (TPSA) is 25.8 Å². The summed E-state index contributed by atoms with van der Waals surface area (Å²) in [4.78, 5) is 9.18. The summed E-state index contributed by atoms with van der Waals surface area (Å²) >= 11 is 0. The molecule has 0 N–H and O–H groups in total. The van der Waals surface area contributed by atoms with Crippen LogP contribution in [0.3, 0.4) is 0 Å². The van der Waals surface area contributed by atoms with Crippen molar-refractivity contribution in [2.24, 2.45) is 0 Å². The Kier molecular flexibility index (Phi) is 6.34. The van der Waals surface area contributed by atoms with Gasteiger partial charge in [0.05, 0.1) is 11.4 Å². The minimum Gasteiger partial charge on any atom is -0.256 e. The monoisotopic (exact) mass is 392 g/mol. The van der Waals surface area contributed by atoms with Crippen LogP contribution < -0.4 is 0 Å². The molecule has 0 aliphatic heterocycles. The molecule has 30 heavy (non-hydrogen) atoms. The van der Waals surface area contributed by atoms with Crippen LogP contribution >= 0.6 is 0 Å². The predicted octanol–water partition coefficient (Wildman–Crippen LogP) is 6.99. The second-order valence-electron chi connectivity index (χ2n) is 7.97. The highest BCUT2D eigenvalue weighted by atomic mass is 14.7. The average molecular weight is 393 g/mol. The van der Waals surface area contributed by atoms with Gasteiger partial charge in [0, 0.05) is 23.5 Å². The average Bonchev–Trinajstić information content (AvgIpc) is 2.80. The van der Waals surface area contributed by atoms with Crippen LogP contribution in [0.15, 0.2) is 85.2 Å². The summed E-state index contributed by atoms with van der Waals surface area (Å²) in [7, 11) is 0. The molecule has 2 nitrogen and oxygen atoms in total. The summed E-state index contributed by atoms with van der Waals surface area (Å²) in [6, 6.07) is 25.9. The van der Waals surface area contributed by atoms with E-state index < -0.39 is 0 Å². The van der Waals surface area contributed by atoms with E-state index in [0.717, 1.165) is 35.4 Å². The molecule has 0 aliphatic rings. The zero-order valence-corrected chi connectivity index (χ0v) is 17.8. The number of aromatic nitrogens is 2. The number of hydrogen-bond acceptors (Lipinski definition) is 2. The molecule has 2 heteroatoms. The molecule has 4 rings (SSSR count). The molecule has 4 aromatic rings. The third-order valence-corrected chi connectivity index (χ3v) is 5.70. The van der Waals surface area contributed by atoms with Gasteiger partial charge < -0.3 is 0 Å². The molecule has 0 saturated carbocycles. The molecule has 0 atom stereocenters. The Balaban J connectivity index is 1.39. The van der Waals surface area contributed by atoms with E-state index >= 15 is 0 Å². The maximum atomic E-state index is 4.59. The van der Waals surface area contributed by atoms with Crippen molar-refractivity contribution in [3.05, 3.63) is 107 Å². The van der Waals surface area contributed by atoms with Gasteiger partial charge in [-0.05, 0) is 80.0 Å². The normalized spacial score (nSPS) is 10.9. The van der Waals surface area contributed by atoms with Gasteiger partial charge in [0.15, 0.2) is 0 Å². The Labute approximate surface area is 179 Å². The Bertz CT molecular complexity index is 1100. The van der Waals surface area contributed by atoms with Gasteiger partial charge in [-0.3, -0.25) is 9.97 Å². The molecule has 2 heterocycles. The molecule has 0 radical (unpaired) electrons. The van der Waals surface area contributed by atoms with Crippen LogP contribution in [0.5, 0.6) is 0 Å². The van der Waals surface area contributed by atoms with Crippen molar-refractivity contribution in [2.45, 2.75) is 39.5 Å². The van der Waals surface area contributed by atoms with Crippen LogP contribution in [-0.4, -0.2) is 9.97 Å². The Morgan fingerprint density at radius 3 is 1.97 bits per heavy atom. The minimum atomic E-state index is 0.989. The second-order valence-corrected chi connectivity index (χ2v) is 7.97.